The van der Waals surface area contributed by atoms with Crippen LogP contribution in [0, 0.1) is 5.92 Å². The maximum atomic E-state index is 12.3. The van der Waals surface area contributed by atoms with Crippen molar-refractivity contribution >= 4 is 11.7 Å². The van der Waals surface area contributed by atoms with Crippen molar-refractivity contribution in [2.24, 2.45) is 5.92 Å². The zero-order chi connectivity index (χ0) is 17.2. The number of anilines is 1. The standard InChI is InChI=1S/C19H24N4O2/c1-13-9-11-23(12-10-13)19(24)20-16-7-5-14(6-8-16)17-21-18(25-22-17)15-3-2-4-15/h5-8,13,15H,2-4,9-12H2,1H3,(H,20,24). The van der Waals surface area contributed by atoms with Crippen LogP contribution in [0.4, 0.5) is 10.5 Å². The number of benzene rings is 1. The second-order valence-corrected chi connectivity index (χ2v) is 7.26. The number of nitrogens with zero attached hydrogens (tertiary/aromatic N) is 3. The topological polar surface area (TPSA) is 71.3 Å². The summed E-state index contributed by atoms with van der Waals surface area (Å²) in [6.45, 7) is 3.90. The fraction of sp³-hybridized carbons (Fsp3) is 0.526. The van der Waals surface area contributed by atoms with Gasteiger partial charge < -0.3 is 14.7 Å². The quantitative estimate of drug-likeness (QED) is 0.906. The molecule has 6 nitrogen and oxygen atoms in total. The SMILES string of the molecule is CC1CCN(C(=O)Nc2ccc(-c3noc(C4CCC4)n3)cc2)CC1. The fourth-order valence-electron chi connectivity index (χ4n) is 3.29. The number of likely N-dealkylation sites (tertiary alicyclic amines) is 1. The molecule has 0 atom stereocenters. The summed E-state index contributed by atoms with van der Waals surface area (Å²) in [5.41, 5.74) is 1.69. The minimum absolute atomic E-state index is 0.0218. The highest BCUT2D eigenvalue weighted by Crippen LogP contribution is 2.36. The molecule has 1 aromatic carbocycles. The summed E-state index contributed by atoms with van der Waals surface area (Å²) < 4.78 is 5.37. The Bertz CT molecular complexity index is 728. The van der Waals surface area contributed by atoms with Gasteiger partial charge in [-0.1, -0.05) is 18.5 Å². The van der Waals surface area contributed by atoms with Crippen LogP contribution >= 0.6 is 0 Å². The Kier molecular flexibility index (Phi) is 4.42. The van der Waals surface area contributed by atoms with E-state index >= 15 is 0 Å². The molecule has 1 N–H and O–H groups in total. The van der Waals surface area contributed by atoms with E-state index in [1.54, 1.807) is 0 Å². The van der Waals surface area contributed by atoms with Crippen LogP contribution in [0.25, 0.3) is 11.4 Å². The maximum absolute atomic E-state index is 12.3. The van der Waals surface area contributed by atoms with Gasteiger partial charge in [-0.3, -0.25) is 0 Å². The summed E-state index contributed by atoms with van der Waals surface area (Å²) in [6, 6.07) is 7.59. The van der Waals surface area contributed by atoms with E-state index in [0.717, 1.165) is 55.9 Å². The van der Waals surface area contributed by atoms with Crippen molar-refractivity contribution in [1.29, 1.82) is 0 Å². The number of piperidine rings is 1. The van der Waals surface area contributed by atoms with Crippen molar-refractivity contribution in [1.82, 2.24) is 15.0 Å². The Labute approximate surface area is 147 Å². The molecular formula is C19H24N4O2. The van der Waals surface area contributed by atoms with Gasteiger partial charge in [0.05, 0.1) is 0 Å². The molecule has 1 aliphatic carbocycles. The monoisotopic (exact) mass is 340 g/mol. The molecule has 0 bridgehead atoms. The van der Waals surface area contributed by atoms with Gasteiger partial charge in [0.15, 0.2) is 0 Å². The number of nitrogens with one attached hydrogen (secondary N) is 1. The molecular weight excluding hydrogens is 316 g/mol. The average molecular weight is 340 g/mol. The molecule has 1 saturated heterocycles. The lowest BCUT2D eigenvalue weighted by molar-refractivity contribution is 0.186. The second kappa shape index (κ2) is 6.86. The molecule has 1 saturated carbocycles. The molecule has 1 aliphatic heterocycles. The minimum Gasteiger partial charge on any atom is -0.339 e. The van der Waals surface area contributed by atoms with Gasteiger partial charge >= 0.3 is 6.03 Å². The van der Waals surface area contributed by atoms with E-state index in [4.69, 9.17) is 4.52 Å². The van der Waals surface area contributed by atoms with Crippen LogP contribution in [-0.4, -0.2) is 34.2 Å². The summed E-state index contributed by atoms with van der Waals surface area (Å²) in [7, 11) is 0. The van der Waals surface area contributed by atoms with Crippen molar-refractivity contribution in [3.8, 4) is 11.4 Å². The molecule has 2 fully saturated rings. The third kappa shape index (κ3) is 3.52. The number of aromatic nitrogens is 2. The predicted molar refractivity (Wildman–Crippen MR) is 95.3 cm³/mol. The summed E-state index contributed by atoms with van der Waals surface area (Å²) in [5.74, 6) is 2.51. The van der Waals surface area contributed by atoms with Crippen LogP contribution < -0.4 is 5.32 Å². The van der Waals surface area contributed by atoms with Crippen molar-refractivity contribution in [2.75, 3.05) is 18.4 Å². The van der Waals surface area contributed by atoms with Gasteiger partial charge in [-0.25, -0.2) is 4.79 Å². The first-order valence-corrected chi connectivity index (χ1v) is 9.19. The van der Waals surface area contributed by atoms with E-state index in [9.17, 15) is 4.79 Å². The van der Waals surface area contributed by atoms with Crippen molar-refractivity contribution in [3.05, 3.63) is 30.2 Å². The Balaban J connectivity index is 1.38. The van der Waals surface area contributed by atoms with Gasteiger partial charge in [0.25, 0.3) is 0 Å². The molecule has 2 heterocycles. The molecule has 132 valence electrons. The molecule has 2 amide bonds. The number of hydrogen-bond acceptors (Lipinski definition) is 4. The number of amides is 2. The van der Waals surface area contributed by atoms with Gasteiger partial charge in [0, 0.05) is 30.3 Å². The van der Waals surface area contributed by atoms with Gasteiger partial charge in [-0.15, -0.1) is 0 Å². The normalized spacial score (nSPS) is 18.8. The number of urea groups is 1. The lowest BCUT2D eigenvalue weighted by atomic mass is 9.85. The summed E-state index contributed by atoms with van der Waals surface area (Å²) >= 11 is 0. The van der Waals surface area contributed by atoms with Crippen molar-refractivity contribution in [3.63, 3.8) is 0 Å². The summed E-state index contributed by atoms with van der Waals surface area (Å²) in [5, 5.41) is 7.05. The number of carbonyl (C=O) groups is 1. The lowest BCUT2D eigenvalue weighted by Gasteiger charge is -2.30. The highest BCUT2D eigenvalue weighted by molar-refractivity contribution is 5.89. The Morgan fingerprint density at radius 3 is 2.52 bits per heavy atom. The van der Waals surface area contributed by atoms with Crippen LogP contribution in [0.3, 0.4) is 0 Å². The molecule has 0 radical (unpaired) electrons. The van der Waals surface area contributed by atoms with Gasteiger partial charge in [0.2, 0.25) is 11.7 Å². The molecule has 1 aromatic heterocycles. The van der Waals surface area contributed by atoms with E-state index in [2.05, 4.69) is 22.4 Å². The highest BCUT2D eigenvalue weighted by Gasteiger charge is 2.25. The van der Waals surface area contributed by atoms with Crippen LogP contribution in [0.15, 0.2) is 28.8 Å². The number of hydrogen-bond donors (Lipinski definition) is 1. The molecule has 0 spiro atoms. The zero-order valence-electron chi connectivity index (χ0n) is 14.6. The first-order valence-electron chi connectivity index (χ1n) is 9.19. The van der Waals surface area contributed by atoms with Gasteiger partial charge in [-0.05, 0) is 55.9 Å². The molecule has 2 aliphatic rings. The summed E-state index contributed by atoms with van der Waals surface area (Å²) in [4.78, 5) is 18.7. The van der Waals surface area contributed by atoms with E-state index in [1.165, 1.54) is 6.42 Å². The van der Waals surface area contributed by atoms with Crippen LogP contribution in [-0.2, 0) is 0 Å². The van der Waals surface area contributed by atoms with E-state index in [-0.39, 0.29) is 6.03 Å². The predicted octanol–water partition coefficient (Wildman–Crippen LogP) is 4.27. The molecule has 25 heavy (non-hydrogen) atoms. The largest absolute Gasteiger partial charge is 0.339 e. The van der Waals surface area contributed by atoms with E-state index in [0.29, 0.717) is 17.7 Å². The number of carbonyl (C=O) groups excluding carboxylic acids is 1. The Morgan fingerprint density at radius 1 is 1.16 bits per heavy atom. The molecule has 0 unspecified atom stereocenters. The van der Waals surface area contributed by atoms with E-state index in [1.807, 2.05) is 29.2 Å². The lowest BCUT2D eigenvalue weighted by Crippen LogP contribution is -2.40. The number of rotatable bonds is 3. The Morgan fingerprint density at radius 2 is 1.88 bits per heavy atom. The first-order chi connectivity index (χ1) is 12.2. The smallest absolute Gasteiger partial charge is 0.321 e. The summed E-state index contributed by atoms with van der Waals surface area (Å²) in [6.07, 6.45) is 5.68. The van der Waals surface area contributed by atoms with Crippen LogP contribution in [0.1, 0.15) is 50.8 Å². The van der Waals surface area contributed by atoms with E-state index < -0.39 is 0 Å². The maximum Gasteiger partial charge on any atom is 0.321 e. The van der Waals surface area contributed by atoms with Gasteiger partial charge in [-0.2, -0.15) is 4.98 Å². The second-order valence-electron chi connectivity index (χ2n) is 7.26. The Hall–Kier alpha value is -2.37. The molecule has 6 heteroatoms. The van der Waals surface area contributed by atoms with Crippen LogP contribution in [0.2, 0.25) is 0 Å². The third-order valence-electron chi connectivity index (χ3n) is 5.36. The van der Waals surface area contributed by atoms with Crippen molar-refractivity contribution < 1.29 is 9.32 Å². The van der Waals surface area contributed by atoms with Gasteiger partial charge in [0.1, 0.15) is 0 Å². The molecule has 4 rings (SSSR count). The van der Waals surface area contributed by atoms with Crippen molar-refractivity contribution in [2.45, 2.75) is 44.9 Å². The third-order valence-corrected chi connectivity index (χ3v) is 5.36. The first kappa shape index (κ1) is 16.1. The zero-order valence-corrected chi connectivity index (χ0v) is 14.6. The fourth-order valence-corrected chi connectivity index (χ4v) is 3.29. The molecule has 2 aromatic rings. The average Bonchev–Trinajstić information content (AvgIpc) is 3.04. The highest BCUT2D eigenvalue weighted by atomic mass is 16.5. The minimum atomic E-state index is -0.0218. The van der Waals surface area contributed by atoms with Crippen LogP contribution in [0.5, 0.6) is 0 Å².